The van der Waals surface area contributed by atoms with Crippen LogP contribution in [0, 0.1) is 12.8 Å². The first-order valence-corrected chi connectivity index (χ1v) is 11.7. The smallest absolute Gasteiger partial charge is 0.309 e. The number of hydrogen-bond acceptors (Lipinski definition) is 6. The molecule has 35 heavy (non-hydrogen) atoms. The van der Waals surface area contributed by atoms with Gasteiger partial charge in [-0.25, -0.2) is 4.68 Å². The zero-order chi connectivity index (χ0) is 24.9. The normalized spacial score (nSPS) is 13.0. The van der Waals surface area contributed by atoms with Gasteiger partial charge in [0, 0.05) is 29.0 Å². The summed E-state index contributed by atoms with van der Waals surface area (Å²) in [5.41, 5.74) is 3.99. The van der Waals surface area contributed by atoms with Gasteiger partial charge in [-0.1, -0.05) is 47.1 Å². The Hall–Kier alpha value is -3.62. The van der Waals surface area contributed by atoms with E-state index in [9.17, 15) is 19.8 Å². The Labute approximate surface area is 206 Å². The summed E-state index contributed by atoms with van der Waals surface area (Å²) < 4.78 is 1.12. The Balaban J connectivity index is 1.38. The number of benzene rings is 2. The predicted molar refractivity (Wildman–Crippen MR) is 133 cm³/mol. The van der Waals surface area contributed by atoms with Crippen molar-refractivity contribution >= 4 is 28.5 Å². The molecule has 0 aliphatic carbocycles. The van der Waals surface area contributed by atoms with E-state index >= 15 is 0 Å². The summed E-state index contributed by atoms with van der Waals surface area (Å²) in [6.45, 7) is 1.96. The fraction of sp³-hybridized carbons (Fsp3) is 0.269. The largest absolute Gasteiger partial charge is 0.481 e. The highest BCUT2D eigenvalue weighted by atomic mass is 35.5. The second kappa shape index (κ2) is 10.8. The third-order valence-corrected chi connectivity index (χ3v) is 6.28. The molecule has 0 saturated carbocycles. The number of hydrogen-bond donors (Lipinski definition) is 2. The standard InChI is InChI=1S/C26H25ClN4O4/c1-16-2-6-19(15-28-16)18-7-3-17(4-8-18)5-11-24(32)22(26(34)35)12-13-31-25(33)21-10-9-20(27)14-23(21)29-30-31/h2-4,6-10,14-15,22,24,32H,5,11-13H2,1H3,(H,34,35)/t22-,24+/m0/s1. The number of pyridine rings is 1. The quantitative estimate of drug-likeness (QED) is 0.363. The van der Waals surface area contributed by atoms with E-state index in [1.807, 2.05) is 49.5 Å². The number of aliphatic hydroxyl groups excluding tert-OH is 1. The maximum atomic E-state index is 12.7. The number of halogens is 1. The highest BCUT2D eigenvalue weighted by molar-refractivity contribution is 6.31. The molecule has 2 atom stereocenters. The van der Waals surface area contributed by atoms with E-state index in [0.717, 1.165) is 27.1 Å². The van der Waals surface area contributed by atoms with Gasteiger partial charge in [-0.05, 0) is 61.6 Å². The molecule has 0 spiro atoms. The Morgan fingerprint density at radius 3 is 2.49 bits per heavy atom. The van der Waals surface area contributed by atoms with Crippen LogP contribution in [0.3, 0.4) is 0 Å². The molecule has 2 aromatic carbocycles. The van der Waals surface area contributed by atoms with Crippen molar-refractivity contribution in [2.75, 3.05) is 0 Å². The minimum atomic E-state index is -1.12. The van der Waals surface area contributed by atoms with E-state index in [1.165, 1.54) is 0 Å². The summed E-state index contributed by atoms with van der Waals surface area (Å²) in [5, 5.41) is 29.0. The van der Waals surface area contributed by atoms with Crippen molar-refractivity contribution in [3.05, 3.63) is 87.4 Å². The van der Waals surface area contributed by atoms with Crippen molar-refractivity contribution in [2.45, 2.75) is 38.8 Å². The number of fused-ring (bicyclic) bond motifs is 1. The topological polar surface area (TPSA) is 118 Å². The van der Waals surface area contributed by atoms with Gasteiger partial charge in [0.25, 0.3) is 5.56 Å². The minimum absolute atomic E-state index is 0.0255. The van der Waals surface area contributed by atoms with Crippen LogP contribution in [0.25, 0.3) is 22.0 Å². The number of carbonyl (C=O) groups is 1. The molecule has 4 rings (SSSR count). The lowest BCUT2D eigenvalue weighted by Crippen LogP contribution is -2.32. The molecular formula is C26H25ClN4O4. The molecule has 2 N–H and O–H groups in total. The van der Waals surface area contributed by atoms with Gasteiger partial charge in [0.2, 0.25) is 0 Å². The summed E-state index contributed by atoms with van der Waals surface area (Å²) in [5.74, 6) is -2.16. The highest BCUT2D eigenvalue weighted by Gasteiger charge is 2.26. The maximum Gasteiger partial charge on any atom is 0.309 e. The van der Waals surface area contributed by atoms with E-state index in [1.54, 1.807) is 18.2 Å². The molecule has 0 aliphatic heterocycles. The lowest BCUT2D eigenvalue weighted by atomic mass is 9.93. The first kappa shape index (κ1) is 24.5. The molecule has 180 valence electrons. The van der Waals surface area contributed by atoms with Crippen molar-refractivity contribution in [3.63, 3.8) is 0 Å². The van der Waals surface area contributed by atoms with Gasteiger partial charge in [-0.3, -0.25) is 14.6 Å². The molecule has 4 aromatic rings. The molecule has 8 nitrogen and oxygen atoms in total. The Morgan fingerprint density at radius 2 is 1.80 bits per heavy atom. The van der Waals surface area contributed by atoms with Gasteiger partial charge in [-0.15, -0.1) is 5.10 Å². The highest BCUT2D eigenvalue weighted by Crippen LogP contribution is 2.21. The van der Waals surface area contributed by atoms with Crippen LogP contribution < -0.4 is 5.56 Å². The lowest BCUT2D eigenvalue weighted by Gasteiger charge is -2.19. The number of carboxylic acid groups (broad SMARTS) is 1. The first-order valence-electron chi connectivity index (χ1n) is 11.3. The average Bonchev–Trinajstić information content (AvgIpc) is 2.84. The Morgan fingerprint density at radius 1 is 1.06 bits per heavy atom. The molecule has 0 bridgehead atoms. The van der Waals surface area contributed by atoms with Crippen molar-refractivity contribution in [3.8, 4) is 11.1 Å². The number of aliphatic hydroxyl groups is 1. The van der Waals surface area contributed by atoms with Crippen LogP contribution >= 0.6 is 11.6 Å². The van der Waals surface area contributed by atoms with E-state index < -0.39 is 18.0 Å². The lowest BCUT2D eigenvalue weighted by molar-refractivity contribution is -0.146. The van der Waals surface area contributed by atoms with Gasteiger partial charge in [-0.2, -0.15) is 0 Å². The SMILES string of the molecule is Cc1ccc(-c2ccc(CC[C@@H](O)[C@H](CCn3nnc4cc(Cl)ccc4c3=O)C(=O)O)cc2)cn1. The number of nitrogens with zero attached hydrogens (tertiary/aromatic N) is 4. The van der Waals surface area contributed by atoms with E-state index in [2.05, 4.69) is 15.3 Å². The fourth-order valence-corrected chi connectivity index (χ4v) is 4.12. The molecular weight excluding hydrogens is 468 g/mol. The second-order valence-electron chi connectivity index (χ2n) is 8.50. The number of aliphatic carboxylic acids is 1. The van der Waals surface area contributed by atoms with E-state index in [0.29, 0.717) is 22.3 Å². The first-order chi connectivity index (χ1) is 16.8. The Kier molecular flexibility index (Phi) is 7.53. The van der Waals surface area contributed by atoms with Crippen molar-refractivity contribution in [1.82, 2.24) is 20.0 Å². The third kappa shape index (κ3) is 5.90. The average molecular weight is 493 g/mol. The van der Waals surface area contributed by atoms with Crippen LogP contribution in [0.5, 0.6) is 0 Å². The number of aryl methyl sites for hydroxylation is 3. The number of rotatable bonds is 9. The monoisotopic (exact) mass is 492 g/mol. The van der Waals surface area contributed by atoms with Crippen molar-refractivity contribution < 1.29 is 15.0 Å². The predicted octanol–water partition coefficient (Wildman–Crippen LogP) is 3.90. The third-order valence-electron chi connectivity index (χ3n) is 6.05. The van der Waals surface area contributed by atoms with Crippen LogP contribution in [-0.2, 0) is 17.8 Å². The van der Waals surface area contributed by atoms with Crippen LogP contribution in [0.1, 0.15) is 24.1 Å². The molecule has 0 amide bonds. The summed E-state index contributed by atoms with van der Waals surface area (Å²) in [4.78, 5) is 28.8. The molecule has 0 aliphatic rings. The minimum Gasteiger partial charge on any atom is -0.481 e. The maximum absolute atomic E-state index is 12.7. The van der Waals surface area contributed by atoms with Gasteiger partial charge >= 0.3 is 5.97 Å². The molecule has 0 unspecified atom stereocenters. The van der Waals surface area contributed by atoms with Crippen LogP contribution in [-0.4, -0.2) is 42.3 Å². The molecule has 2 aromatic heterocycles. The zero-order valence-corrected chi connectivity index (χ0v) is 19.9. The van der Waals surface area contributed by atoms with Crippen LogP contribution in [0.15, 0.2) is 65.6 Å². The number of carboxylic acids is 1. The van der Waals surface area contributed by atoms with E-state index in [-0.39, 0.29) is 24.9 Å². The van der Waals surface area contributed by atoms with Gasteiger partial charge in [0.05, 0.1) is 17.4 Å². The van der Waals surface area contributed by atoms with Crippen LogP contribution in [0.4, 0.5) is 0 Å². The van der Waals surface area contributed by atoms with Gasteiger partial charge in [0.15, 0.2) is 0 Å². The number of aromatic nitrogens is 4. The molecule has 9 heteroatoms. The second-order valence-corrected chi connectivity index (χ2v) is 8.94. The van der Waals surface area contributed by atoms with Gasteiger partial charge in [0.1, 0.15) is 5.52 Å². The van der Waals surface area contributed by atoms with Crippen molar-refractivity contribution in [1.29, 1.82) is 0 Å². The zero-order valence-electron chi connectivity index (χ0n) is 19.1. The van der Waals surface area contributed by atoms with E-state index in [4.69, 9.17) is 11.6 Å². The summed E-state index contributed by atoms with van der Waals surface area (Å²) in [6.07, 6.45) is 1.60. The molecule has 0 fully saturated rings. The summed E-state index contributed by atoms with van der Waals surface area (Å²) >= 11 is 5.93. The summed E-state index contributed by atoms with van der Waals surface area (Å²) in [7, 11) is 0. The molecule has 2 heterocycles. The fourth-order valence-electron chi connectivity index (χ4n) is 3.96. The van der Waals surface area contributed by atoms with Crippen molar-refractivity contribution in [2.24, 2.45) is 5.92 Å². The molecule has 0 saturated heterocycles. The van der Waals surface area contributed by atoms with Gasteiger partial charge < -0.3 is 10.2 Å². The van der Waals surface area contributed by atoms with Crippen LogP contribution in [0.2, 0.25) is 5.02 Å². The Bertz CT molecular complexity index is 1390. The summed E-state index contributed by atoms with van der Waals surface area (Å²) in [6, 6.07) is 16.6. The molecule has 0 radical (unpaired) electrons.